The quantitative estimate of drug-likeness (QED) is 0.926. The lowest BCUT2D eigenvalue weighted by Gasteiger charge is -2.24. The normalized spacial score (nSPS) is 18.6. The van der Waals surface area contributed by atoms with E-state index in [1.165, 1.54) is 24.3 Å². The van der Waals surface area contributed by atoms with Crippen molar-refractivity contribution in [2.45, 2.75) is 30.7 Å². The van der Waals surface area contributed by atoms with Gasteiger partial charge in [-0.1, -0.05) is 29.8 Å². The van der Waals surface area contributed by atoms with E-state index in [1.54, 1.807) is 4.31 Å². The molecule has 2 aromatic carbocycles. The first-order valence-electron chi connectivity index (χ1n) is 7.88. The molecule has 0 radical (unpaired) electrons. The second-order valence-electron chi connectivity index (χ2n) is 6.07. The van der Waals surface area contributed by atoms with Gasteiger partial charge in [-0.05, 0) is 49.6 Å². The highest BCUT2D eigenvalue weighted by molar-refractivity contribution is 7.89. The summed E-state index contributed by atoms with van der Waals surface area (Å²) < 4.78 is 27.5. The molecule has 5 nitrogen and oxygen atoms in total. The second-order valence-corrected chi connectivity index (χ2v) is 7.96. The van der Waals surface area contributed by atoms with Crippen molar-refractivity contribution >= 4 is 15.9 Å². The summed E-state index contributed by atoms with van der Waals surface area (Å²) in [6.07, 6.45) is 1.64. The van der Waals surface area contributed by atoms with Gasteiger partial charge in [-0.2, -0.15) is 4.31 Å². The number of rotatable bonds is 4. The van der Waals surface area contributed by atoms with E-state index in [-0.39, 0.29) is 10.9 Å². The number of nitrogens with two attached hydrogens (primary N) is 1. The number of sulfonamides is 1. The Morgan fingerprint density at radius 1 is 1.08 bits per heavy atom. The number of carbonyl (C=O) groups excluding carboxylic acids is 1. The first kappa shape index (κ1) is 16.7. The van der Waals surface area contributed by atoms with Crippen molar-refractivity contribution in [2.75, 3.05) is 6.54 Å². The summed E-state index contributed by atoms with van der Waals surface area (Å²) in [4.78, 5) is 11.3. The molecule has 3 rings (SSSR count). The number of carbonyl (C=O) groups is 1. The fourth-order valence-corrected chi connectivity index (χ4v) is 4.76. The van der Waals surface area contributed by atoms with E-state index in [4.69, 9.17) is 5.73 Å². The van der Waals surface area contributed by atoms with Gasteiger partial charge in [0.25, 0.3) is 0 Å². The minimum Gasteiger partial charge on any atom is -0.366 e. The summed E-state index contributed by atoms with van der Waals surface area (Å²) in [6.45, 7) is 2.51. The van der Waals surface area contributed by atoms with E-state index in [0.717, 1.165) is 24.0 Å². The molecule has 1 amide bonds. The molecule has 126 valence electrons. The predicted molar refractivity (Wildman–Crippen MR) is 92.0 cm³/mol. The van der Waals surface area contributed by atoms with Gasteiger partial charge < -0.3 is 5.73 Å². The van der Waals surface area contributed by atoms with Crippen LogP contribution >= 0.6 is 0 Å². The van der Waals surface area contributed by atoms with Gasteiger partial charge in [-0.15, -0.1) is 0 Å². The summed E-state index contributed by atoms with van der Waals surface area (Å²) in [5.74, 6) is -0.572. The molecule has 2 aromatic rings. The molecular formula is C18H20N2O3S. The molecule has 0 aliphatic carbocycles. The maximum atomic E-state index is 13.0. The number of primary amides is 1. The number of benzene rings is 2. The van der Waals surface area contributed by atoms with E-state index in [9.17, 15) is 13.2 Å². The zero-order chi connectivity index (χ0) is 17.3. The van der Waals surface area contributed by atoms with Crippen molar-refractivity contribution < 1.29 is 13.2 Å². The number of aryl methyl sites for hydroxylation is 1. The third-order valence-corrected chi connectivity index (χ3v) is 6.33. The Labute approximate surface area is 142 Å². The summed E-state index contributed by atoms with van der Waals surface area (Å²) in [5.41, 5.74) is 7.66. The molecule has 0 bridgehead atoms. The van der Waals surface area contributed by atoms with Crippen LogP contribution < -0.4 is 5.73 Å². The molecule has 24 heavy (non-hydrogen) atoms. The maximum Gasteiger partial charge on any atom is 0.248 e. The van der Waals surface area contributed by atoms with Crippen molar-refractivity contribution in [1.29, 1.82) is 0 Å². The van der Waals surface area contributed by atoms with Gasteiger partial charge in [0.15, 0.2) is 0 Å². The minimum absolute atomic E-state index is 0.147. The molecule has 6 heteroatoms. The molecule has 2 N–H and O–H groups in total. The molecule has 1 aliphatic rings. The summed E-state index contributed by atoms with van der Waals surface area (Å²) in [6, 6.07) is 13.6. The van der Waals surface area contributed by atoms with Gasteiger partial charge in [0, 0.05) is 12.1 Å². The van der Waals surface area contributed by atoms with Gasteiger partial charge in [-0.3, -0.25) is 4.79 Å². The fourth-order valence-electron chi connectivity index (χ4n) is 3.08. The Kier molecular flexibility index (Phi) is 4.43. The zero-order valence-electron chi connectivity index (χ0n) is 13.5. The van der Waals surface area contributed by atoms with Gasteiger partial charge in [0.05, 0.1) is 10.9 Å². The van der Waals surface area contributed by atoms with Gasteiger partial charge >= 0.3 is 0 Å². The Bertz CT molecular complexity index is 843. The molecule has 1 saturated heterocycles. The topological polar surface area (TPSA) is 80.5 Å². The van der Waals surface area contributed by atoms with Crippen LogP contribution in [-0.4, -0.2) is 25.2 Å². The Hall–Kier alpha value is -2.18. The number of hydrogen-bond acceptors (Lipinski definition) is 3. The lowest BCUT2D eigenvalue weighted by molar-refractivity contribution is 0.1000. The van der Waals surface area contributed by atoms with Crippen LogP contribution in [0.15, 0.2) is 53.4 Å². The zero-order valence-corrected chi connectivity index (χ0v) is 14.3. The number of nitrogens with zero attached hydrogens (tertiary/aromatic N) is 1. The Balaban J connectivity index is 1.93. The van der Waals surface area contributed by atoms with Crippen LogP contribution in [0.5, 0.6) is 0 Å². The van der Waals surface area contributed by atoms with Crippen molar-refractivity contribution in [3.63, 3.8) is 0 Å². The predicted octanol–water partition coefficient (Wildman–Crippen LogP) is 2.62. The first-order valence-corrected chi connectivity index (χ1v) is 9.32. The van der Waals surface area contributed by atoms with E-state index in [0.29, 0.717) is 12.1 Å². The monoisotopic (exact) mass is 344 g/mol. The van der Waals surface area contributed by atoms with Crippen LogP contribution in [0.2, 0.25) is 0 Å². The van der Waals surface area contributed by atoms with Crippen molar-refractivity contribution in [3.8, 4) is 0 Å². The number of amides is 1. The summed E-state index contributed by atoms with van der Waals surface area (Å²) in [7, 11) is -3.61. The Morgan fingerprint density at radius 3 is 2.29 bits per heavy atom. The standard InChI is InChI=1S/C18H20N2O3S/c1-13-4-6-14(7-5-13)17-3-2-12-20(17)24(22,23)16-10-8-15(9-11-16)18(19)21/h4-11,17H,2-3,12H2,1H3,(H2,19,21). The van der Waals surface area contributed by atoms with Crippen LogP contribution in [0.3, 0.4) is 0 Å². The highest BCUT2D eigenvalue weighted by Crippen LogP contribution is 2.36. The van der Waals surface area contributed by atoms with Crippen LogP contribution in [0.4, 0.5) is 0 Å². The highest BCUT2D eigenvalue weighted by Gasteiger charge is 2.36. The SMILES string of the molecule is Cc1ccc(C2CCCN2S(=O)(=O)c2ccc(C(N)=O)cc2)cc1. The highest BCUT2D eigenvalue weighted by atomic mass is 32.2. The van der Waals surface area contributed by atoms with Crippen LogP contribution in [-0.2, 0) is 10.0 Å². The molecule has 1 unspecified atom stereocenters. The van der Waals surface area contributed by atoms with Crippen LogP contribution in [0, 0.1) is 6.92 Å². The molecule has 0 spiro atoms. The number of hydrogen-bond donors (Lipinski definition) is 1. The van der Waals surface area contributed by atoms with Gasteiger partial charge in [-0.25, -0.2) is 8.42 Å². The average Bonchev–Trinajstić information content (AvgIpc) is 3.06. The van der Waals surface area contributed by atoms with Crippen molar-refractivity contribution in [3.05, 3.63) is 65.2 Å². The average molecular weight is 344 g/mol. The van der Waals surface area contributed by atoms with Crippen LogP contribution in [0.25, 0.3) is 0 Å². The summed E-state index contributed by atoms with van der Waals surface area (Å²) >= 11 is 0. The summed E-state index contributed by atoms with van der Waals surface area (Å²) in [5, 5.41) is 0. The van der Waals surface area contributed by atoms with Gasteiger partial charge in [0.1, 0.15) is 0 Å². The first-order chi connectivity index (χ1) is 11.4. The van der Waals surface area contributed by atoms with E-state index < -0.39 is 15.9 Å². The lowest BCUT2D eigenvalue weighted by Crippen LogP contribution is -2.30. The molecule has 1 atom stereocenters. The van der Waals surface area contributed by atoms with E-state index >= 15 is 0 Å². The molecule has 1 fully saturated rings. The van der Waals surface area contributed by atoms with Crippen molar-refractivity contribution in [1.82, 2.24) is 4.31 Å². The fraction of sp³-hybridized carbons (Fsp3) is 0.278. The lowest BCUT2D eigenvalue weighted by atomic mass is 10.0. The third-order valence-electron chi connectivity index (χ3n) is 4.41. The maximum absolute atomic E-state index is 13.0. The second kappa shape index (κ2) is 6.37. The largest absolute Gasteiger partial charge is 0.366 e. The Morgan fingerprint density at radius 2 is 1.71 bits per heavy atom. The molecular weight excluding hydrogens is 324 g/mol. The van der Waals surface area contributed by atoms with Crippen LogP contribution in [0.1, 0.15) is 40.4 Å². The van der Waals surface area contributed by atoms with E-state index in [1.807, 2.05) is 31.2 Å². The third kappa shape index (κ3) is 3.07. The molecule has 0 aromatic heterocycles. The molecule has 1 heterocycles. The van der Waals surface area contributed by atoms with E-state index in [2.05, 4.69) is 0 Å². The minimum atomic E-state index is -3.61. The smallest absolute Gasteiger partial charge is 0.248 e. The molecule has 0 saturated carbocycles. The van der Waals surface area contributed by atoms with Crippen molar-refractivity contribution in [2.24, 2.45) is 5.73 Å². The molecule has 1 aliphatic heterocycles. The van der Waals surface area contributed by atoms with Gasteiger partial charge in [0.2, 0.25) is 15.9 Å².